The topological polar surface area (TPSA) is 114 Å². The van der Waals surface area contributed by atoms with Crippen LogP contribution in [0.2, 0.25) is 0 Å². The molecular weight excluding hydrogens is 484 g/mol. The predicted octanol–water partition coefficient (Wildman–Crippen LogP) is 4.47. The van der Waals surface area contributed by atoms with Crippen LogP contribution in [0.3, 0.4) is 0 Å². The van der Waals surface area contributed by atoms with Crippen molar-refractivity contribution in [3.63, 3.8) is 0 Å². The number of aromatic nitrogens is 2. The lowest BCUT2D eigenvalue weighted by Gasteiger charge is -2.27. The SMILES string of the molecule is COCCS(=O)(=O)NC1CCCc2c(-c3nnc(-c4ccc(OC(C)C)c(C#N)c4)s3)cccc21. The zero-order valence-electron chi connectivity index (χ0n) is 19.9. The Bertz CT molecular complexity index is 1350. The van der Waals surface area contributed by atoms with Gasteiger partial charge in [-0.1, -0.05) is 29.5 Å². The predicted molar refractivity (Wildman–Crippen MR) is 136 cm³/mol. The number of hydrogen-bond acceptors (Lipinski definition) is 8. The van der Waals surface area contributed by atoms with Gasteiger partial charge >= 0.3 is 0 Å². The third kappa shape index (κ3) is 5.87. The summed E-state index contributed by atoms with van der Waals surface area (Å²) in [4.78, 5) is 0. The quantitative estimate of drug-likeness (QED) is 0.450. The molecule has 35 heavy (non-hydrogen) atoms. The van der Waals surface area contributed by atoms with E-state index in [2.05, 4.69) is 21.0 Å². The van der Waals surface area contributed by atoms with Gasteiger partial charge in [-0.15, -0.1) is 10.2 Å². The van der Waals surface area contributed by atoms with Crippen molar-refractivity contribution in [1.29, 1.82) is 5.26 Å². The van der Waals surface area contributed by atoms with E-state index in [1.807, 2.05) is 38.1 Å². The molecule has 10 heteroatoms. The van der Waals surface area contributed by atoms with Gasteiger partial charge in [-0.05, 0) is 62.4 Å². The van der Waals surface area contributed by atoms with Gasteiger partial charge in [-0.2, -0.15) is 5.26 Å². The third-order valence-electron chi connectivity index (χ3n) is 5.75. The average Bonchev–Trinajstić information content (AvgIpc) is 3.32. The van der Waals surface area contributed by atoms with Crippen molar-refractivity contribution in [2.24, 2.45) is 0 Å². The van der Waals surface area contributed by atoms with Crippen LogP contribution in [0.1, 0.15) is 49.4 Å². The highest BCUT2D eigenvalue weighted by atomic mass is 32.2. The fourth-order valence-electron chi connectivity index (χ4n) is 4.20. The largest absolute Gasteiger partial charge is 0.490 e. The Morgan fingerprint density at radius 1 is 1.23 bits per heavy atom. The van der Waals surface area contributed by atoms with Crippen LogP contribution in [0.5, 0.6) is 5.75 Å². The highest BCUT2D eigenvalue weighted by molar-refractivity contribution is 7.89. The molecule has 1 unspecified atom stereocenters. The van der Waals surface area contributed by atoms with E-state index in [0.717, 1.165) is 46.5 Å². The molecule has 0 amide bonds. The lowest BCUT2D eigenvalue weighted by molar-refractivity contribution is 0.216. The zero-order chi connectivity index (χ0) is 25.0. The minimum absolute atomic E-state index is 0.0291. The van der Waals surface area contributed by atoms with Crippen molar-refractivity contribution < 1.29 is 17.9 Å². The summed E-state index contributed by atoms with van der Waals surface area (Å²) >= 11 is 1.45. The van der Waals surface area contributed by atoms with E-state index in [9.17, 15) is 13.7 Å². The summed E-state index contributed by atoms with van der Waals surface area (Å²) in [7, 11) is -1.96. The Morgan fingerprint density at radius 2 is 2.03 bits per heavy atom. The molecule has 184 valence electrons. The molecule has 1 heterocycles. The van der Waals surface area contributed by atoms with Crippen LogP contribution in [0.25, 0.3) is 21.1 Å². The van der Waals surface area contributed by atoms with Crippen LogP contribution in [0, 0.1) is 11.3 Å². The minimum Gasteiger partial charge on any atom is -0.490 e. The number of rotatable bonds is 9. The Labute approximate surface area is 210 Å². The van der Waals surface area contributed by atoms with Gasteiger partial charge in [0.15, 0.2) is 0 Å². The zero-order valence-corrected chi connectivity index (χ0v) is 21.6. The molecule has 2 aromatic carbocycles. The molecule has 1 atom stereocenters. The van der Waals surface area contributed by atoms with Crippen molar-refractivity contribution in [1.82, 2.24) is 14.9 Å². The first-order valence-corrected chi connectivity index (χ1v) is 13.9. The van der Waals surface area contributed by atoms with Gasteiger partial charge in [0.25, 0.3) is 0 Å². The van der Waals surface area contributed by atoms with Crippen LogP contribution in [0.4, 0.5) is 0 Å². The van der Waals surface area contributed by atoms with Gasteiger partial charge in [-0.25, -0.2) is 13.1 Å². The number of methoxy groups -OCH3 is 1. The second-order valence-electron chi connectivity index (χ2n) is 8.65. The Kier molecular flexibility index (Phi) is 7.82. The van der Waals surface area contributed by atoms with E-state index in [4.69, 9.17) is 9.47 Å². The number of sulfonamides is 1. The molecule has 0 bridgehead atoms. The fourth-order valence-corrected chi connectivity index (χ4v) is 6.27. The lowest BCUT2D eigenvalue weighted by Crippen LogP contribution is -2.34. The molecule has 1 aliphatic carbocycles. The molecule has 0 saturated heterocycles. The van der Waals surface area contributed by atoms with Gasteiger partial charge in [-0.3, -0.25) is 0 Å². The summed E-state index contributed by atoms with van der Waals surface area (Å²) in [6, 6.07) is 13.3. The molecule has 0 aliphatic heterocycles. The van der Waals surface area contributed by atoms with Gasteiger partial charge in [0, 0.05) is 24.3 Å². The molecule has 0 fully saturated rings. The molecule has 1 aliphatic rings. The van der Waals surface area contributed by atoms with Gasteiger partial charge < -0.3 is 9.47 Å². The van der Waals surface area contributed by atoms with Crippen molar-refractivity contribution in [2.45, 2.75) is 45.3 Å². The summed E-state index contributed by atoms with van der Waals surface area (Å²) in [6.45, 7) is 3.99. The van der Waals surface area contributed by atoms with Crippen molar-refractivity contribution >= 4 is 21.4 Å². The molecule has 1 N–H and O–H groups in total. The molecule has 0 spiro atoms. The molecule has 3 aromatic rings. The number of nitrogens with zero attached hydrogens (tertiary/aromatic N) is 3. The number of fused-ring (bicyclic) bond motifs is 1. The standard InChI is InChI=1S/C25H28N4O4S2/c1-16(2)33-23-11-10-17(14-18(23)15-26)24-27-28-25(34-24)21-8-4-7-20-19(21)6-5-9-22(20)29-35(30,31)13-12-32-3/h4,7-8,10-11,14,16,22,29H,5-6,9,12-13H2,1-3H3. The fraction of sp³-hybridized carbons (Fsp3) is 0.400. The number of nitriles is 1. The van der Waals surface area contributed by atoms with E-state index >= 15 is 0 Å². The van der Waals surface area contributed by atoms with Gasteiger partial charge in [0.05, 0.1) is 24.0 Å². The first-order chi connectivity index (χ1) is 16.8. The summed E-state index contributed by atoms with van der Waals surface area (Å²) in [5.41, 5.74) is 4.30. The molecular formula is C25H28N4O4S2. The molecule has 0 saturated carbocycles. The number of ether oxygens (including phenoxy) is 2. The maximum absolute atomic E-state index is 12.5. The minimum atomic E-state index is -3.45. The Morgan fingerprint density at radius 3 is 2.77 bits per heavy atom. The number of benzene rings is 2. The average molecular weight is 513 g/mol. The highest BCUT2D eigenvalue weighted by Crippen LogP contribution is 2.39. The van der Waals surface area contributed by atoms with Gasteiger partial charge in [0.1, 0.15) is 21.8 Å². The smallest absolute Gasteiger partial charge is 0.214 e. The van der Waals surface area contributed by atoms with Crippen LogP contribution in [-0.4, -0.2) is 44.2 Å². The molecule has 1 aromatic heterocycles. The second kappa shape index (κ2) is 10.8. The van der Waals surface area contributed by atoms with E-state index in [1.165, 1.54) is 18.4 Å². The second-order valence-corrected chi connectivity index (χ2v) is 11.5. The van der Waals surface area contributed by atoms with Crippen molar-refractivity contribution in [2.75, 3.05) is 19.5 Å². The summed E-state index contributed by atoms with van der Waals surface area (Å²) < 4.78 is 38.4. The first-order valence-electron chi connectivity index (χ1n) is 11.5. The third-order valence-corrected chi connectivity index (χ3v) is 8.10. The van der Waals surface area contributed by atoms with Crippen LogP contribution in [-0.2, 0) is 21.2 Å². The van der Waals surface area contributed by atoms with Crippen LogP contribution < -0.4 is 9.46 Å². The van der Waals surface area contributed by atoms with E-state index in [-0.39, 0.29) is 24.5 Å². The van der Waals surface area contributed by atoms with E-state index in [1.54, 1.807) is 12.1 Å². The monoisotopic (exact) mass is 512 g/mol. The maximum atomic E-state index is 12.5. The summed E-state index contributed by atoms with van der Waals surface area (Å²) in [6.07, 6.45) is 2.43. The lowest BCUT2D eigenvalue weighted by atomic mass is 9.85. The normalized spacial score (nSPS) is 15.6. The maximum Gasteiger partial charge on any atom is 0.214 e. The summed E-state index contributed by atoms with van der Waals surface area (Å²) in [5.74, 6) is 0.479. The van der Waals surface area contributed by atoms with Crippen LogP contribution >= 0.6 is 11.3 Å². The number of nitrogens with one attached hydrogen (secondary N) is 1. The molecule has 4 rings (SSSR count). The van der Waals surface area contributed by atoms with Gasteiger partial charge in [0.2, 0.25) is 10.0 Å². The number of hydrogen-bond donors (Lipinski definition) is 1. The van der Waals surface area contributed by atoms with Crippen molar-refractivity contribution in [3.8, 4) is 33.0 Å². The Hall–Kier alpha value is -2.84. The van der Waals surface area contributed by atoms with E-state index < -0.39 is 10.0 Å². The molecule has 8 nitrogen and oxygen atoms in total. The van der Waals surface area contributed by atoms with Crippen LogP contribution in [0.15, 0.2) is 36.4 Å². The van der Waals surface area contributed by atoms with Crippen molar-refractivity contribution in [3.05, 3.63) is 53.1 Å². The first kappa shape index (κ1) is 25.3. The van der Waals surface area contributed by atoms with E-state index in [0.29, 0.717) is 16.3 Å². The highest BCUT2D eigenvalue weighted by Gasteiger charge is 2.27. The summed E-state index contributed by atoms with van der Waals surface area (Å²) in [5, 5.41) is 19.8. The molecule has 0 radical (unpaired) electrons. The Balaban J connectivity index is 1.63.